The quantitative estimate of drug-likeness (QED) is 0.433. The number of carbonyl (C=O) groups excluding carboxylic acids is 1. The third-order valence-electron chi connectivity index (χ3n) is 3.89. The van der Waals surface area contributed by atoms with Gasteiger partial charge in [0.2, 0.25) is 0 Å². The lowest BCUT2D eigenvalue weighted by Crippen LogP contribution is -2.36. The Bertz CT molecular complexity index is 873. The second-order valence-corrected chi connectivity index (χ2v) is 6.85. The van der Waals surface area contributed by atoms with Gasteiger partial charge in [-0.1, -0.05) is 18.2 Å². The number of nitrogens with one attached hydrogen (secondary N) is 3. The van der Waals surface area contributed by atoms with Gasteiger partial charge in [-0.15, -0.1) is 11.3 Å². The molecule has 2 aromatic heterocycles. The van der Waals surface area contributed by atoms with Gasteiger partial charge in [-0.2, -0.15) is 0 Å². The van der Waals surface area contributed by atoms with Gasteiger partial charge in [0, 0.05) is 24.0 Å². The van der Waals surface area contributed by atoms with Crippen LogP contribution in [-0.2, 0) is 19.6 Å². The molecule has 0 saturated heterocycles. The van der Waals surface area contributed by atoms with Crippen molar-refractivity contribution < 1.29 is 9.21 Å². The van der Waals surface area contributed by atoms with Crippen LogP contribution >= 0.6 is 11.3 Å². The average Bonchev–Trinajstić information content (AvgIpc) is 3.40. The van der Waals surface area contributed by atoms with E-state index in [2.05, 4.69) is 32.4 Å². The van der Waals surface area contributed by atoms with Gasteiger partial charge in [0.05, 0.1) is 19.4 Å². The van der Waals surface area contributed by atoms with Gasteiger partial charge >= 0.3 is 0 Å². The van der Waals surface area contributed by atoms with Crippen LogP contribution < -0.4 is 16.0 Å². The molecule has 0 spiro atoms. The van der Waals surface area contributed by atoms with Crippen molar-refractivity contribution in [1.29, 1.82) is 0 Å². The van der Waals surface area contributed by atoms with E-state index in [0.29, 0.717) is 18.7 Å². The highest BCUT2D eigenvalue weighted by Crippen LogP contribution is 2.08. The lowest BCUT2D eigenvalue weighted by Gasteiger charge is -2.12. The lowest BCUT2D eigenvalue weighted by molar-refractivity contribution is 0.0948. The first-order chi connectivity index (χ1) is 13.2. The summed E-state index contributed by atoms with van der Waals surface area (Å²) in [5.74, 6) is 1.31. The van der Waals surface area contributed by atoms with Crippen LogP contribution in [0.15, 0.2) is 69.6 Å². The summed E-state index contributed by atoms with van der Waals surface area (Å²) >= 11 is 1.70. The van der Waals surface area contributed by atoms with E-state index in [1.807, 2.05) is 30.3 Å². The number of amides is 1. The van der Waals surface area contributed by atoms with Crippen LogP contribution in [0, 0.1) is 0 Å². The number of furan rings is 1. The van der Waals surface area contributed by atoms with E-state index in [4.69, 9.17) is 4.42 Å². The Balaban J connectivity index is 1.51. The summed E-state index contributed by atoms with van der Waals surface area (Å²) in [6, 6.07) is 15.3. The summed E-state index contributed by atoms with van der Waals surface area (Å²) in [6.07, 6.45) is 1.59. The highest BCUT2D eigenvalue weighted by molar-refractivity contribution is 7.09. The van der Waals surface area contributed by atoms with Crippen LogP contribution in [0.3, 0.4) is 0 Å². The number of hydrogen-bond acceptors (Lipinski definition) is 4. The van der Waals surface area contributed by atoms with Gasteiger partial charge in [-0.05, 0) is 41.3 Å². The maximum absolute atomic E-state index is 12.3. The lowest BCUT2D eigenvalue weighted by atomic mass is 10.1. The Labute approximate surface area is 162 Å². The third kappa shape index (κ3) is 5.72. The zero-order valence-corrected chi connectivity index (χ0v) is 15.9. The monoisotopic (exact) mass is 382 g/mol. The molecule has 6 nitrogen and oxygen atoms in total. The normalized spacial score (nSPS) is 11.2. The zero-order chi connectivity index (χ0) is 18.9. The minimum absolute atomic E-state index is 0.131. The number of hydrogen-bond donors (Lipinski definition) is 3. The largest absolute Gasteiger partial charge is 0.467 e. The van der Waals surface area contributed by atoms with E-state index < -0.39 is 0 Å². The van der Waals surface area contributed by atoms with E-state index >= 15 is 0 Å². The van der Waals surface area contributed by atoms with E-state index in [1.165, 1.54) is 4.88 Å². The molecule has 3 N–H and O–H groups in total. The molecule has 7 heteroatoms. The van der Waals surface area contributed by atoms with E-state index in [9.17, 15) is 4.79 Å². The van der Waals surface area contributed by atoms with Crippen LogP contribution in [0.5, 0.6) is 0 Å². The summed E-state index contributed by atoms with van der Waals surface area (Å²) in [7, 11) is 1.74. The van der Waals surface area contributed by atoms with Gasteiger partial charge < -0.3 is 20.4 Å². The summed E-state index contributed by atoms with van der Waals surface area (Å²) in [5, 5.41) is 11.4. The first-order valence-corrected chi connectivity index (χ1v) is 9.49. The summed E-state index contributed by atoms with van der Waals surface area (Å²) in [5.41, 5.74) is 1.61. The van der Waals surface area contributed by atoms with Crippen molar-refractivity contribution in [3.05, 3.63) is 81.9 Å². The van der Waals surface area contributed by atoms with Gasteiger partial charge in [-0.3, -0.25) is 9.79 Å². The molecule has 0 saturated carbocycles. The number of carbonyl (C=O) groups is 1. The maximum Gasteiger partial charge on any atom is 0.251 e. The fourth-order valence-electron chi connectivity index (χ4n) is 2.50. The van der Waals surface area contributed by atoms with Crippen LogP contribution in [0.25, 0.3) is 0 Å². The van der Waals surface area contributed by atoms with Crippen molar-refractivity contribution in [3.63, 3.8) is 0 Å². The molecule has 2 heterocycles. The van der Waals surface area contributed by atoms with E-state index in [1.54, 1.807) is 36.8 Å². The topological polar surface area (TPSA) is 78.7 Å². The molecular weight excluding hydrogens is 360 g/mol. The zero-order valence-electron chi connectivity index (χ0n) is 15.1. The van der Waals surface area contributed by atoms with Crippen molar-refractivity contribution in [1.82, 2.24) is 16.0 Å². The molecular formula is C20H22N4O2S. The molecule has 0 aliphatic rings. The van der Waals surface area contributed by atoms with Gasteiger partial charge in [0.25, 0.3) is 5.91 Å². The summed E-state index contributed by atoms with van der Waals surface area (Å²) in [6.45, 7) is 1.67. The molecule has 0 fully saturated rings. The van der Waals surface area contributed by atoms with Gasteiger partial charge in [-0.25, -0.2) is 0 Å². The molecule has 1 aromatic carbocycles. The fraction of sp³-hybridized carbons (Fsp3) is 0.200. The number of benzene rings is 1. The molecule has 0 radical (unpaired) electrons. The highest BCUT2D eigenvalue weighted by Gasteiger charge is 2.07. The van der Waals surface area contributed by atoms with Crippen molar-refractivity contribution >= 4 is 23.2 Å². The second-order valence-electron chi connectivity index (χ2n) is 5.82. The maximum atomic E-state index is 12.3. The predicted octanol–water partition coefficient (Wildman–Crippen LogP) is 3.14. The van der Waals surface area contributed by atoms with Gasteiger partial charge in [0.1, 0.15) is 5.76 Å². The Morgan fingerprint density at radius 2 is 1.93 bits per heavy atom. The summed E-state index contributed by atoms with van der Waals surface area (Å²) < 4.78 is 5.23. The van der Waals surface area contributed by atoms with E-state index in [0.717, 1.165) is 23.8 Å². The first kappa shape index (κ1) is 18.7. The smallest absolute Gasteiger partial charge is 0.251 e. The van der Waals surface area contributed by atoms with Crippen LogP contribution in [0.1, 0.15) is 26.6 Å². The Morgan fingerprint density at radius 3 is 2.67 bits per heavy atom. The Morgan fingerprint density at radius 1 is 1.04 bits per heavy atom. The number of nitrogens with zero attached hydrogens (tertiary/aromatic N) is 1. The van der Waals surface area contributed by atoms with Crippen molar-refractivity contribution in [2.24, 2.45) is 4.99 Å². The molecule has 1 amide bonds. The van der Waals surface area contributed by atoms with Crippen molar-refractivity contribution in [3.8, 4) is 0 Å². The standard InChI is InChI=1S/C20H22N4O2S/c1-21-20(24-14-18-8-4-10-27-18)23-12-15-5-2-6-16(11-15)19(25)22-13-17-7-3-9-26-17/h2-11H,12-14H2,1H3,(H,22,25)(H2,21,23,24). The Hall–Kier alpha value is -3.06. The molecule has 0 aliphatic heterocycles. The molecule has 0 bridgehead atoms. The predicted molar refractivity (Wildman–Crippen MR) is 108 cm³/mol. The SMILES string of the molecule is CN=C(NCc1cccc(C(=O)NCc2ccco2)c1)NCc1cccs1. The summed E-state index contributed by atoms with van der Waals surface area (Å²) in [4.78, 5) is 17.8. The number of guanidine groups is 1. The van der Waals surface area contributed by atoms with Crippen molar-refractivity contribution in [2.45, 2.75) is 19.6 Å². The van der Waals surface area contributed by atoms with Gasteiger partial charge in [0.15, 0.2) is 5.96 Å². The molecule has 3 aromatic rings. The first-order valence-electron chi connectivity index (χ1n) is 8.61. The number of aliphatic imine (C=N–C) groups is 1. The fourth-order valence-corrected chi connectivity index (χ4v) is 3.14. The molecule has 0 atom stereocenters. The second kappa shape index (κ2) is 9.59. The number of rotatable bonds is 7. The minimum Gasteiger partial charge on any atom is -0.467 e. The van der Waals surface area contributed by atoms with Crippen LogP contribution in [-0.4, -0.2) is 18.9 Å². The highest BCUT2D eigenvalue weighted by atomic mass is 32.1. The molecule has 27 heavy (non-hydrogen) atoms. The van der Waals surface area contributed by atoms with Crippen LogP contribution in [0.4, 0.5) is 0 Å². The Kier molecular flexibility index (Phi) is 6.65. The molecule has 0 unspecified atom stereocenters. The number of thiophene rings is 1. The molecule has 3 rings (SSSR count). The minimum atomic E-state index is -0.131. The average molecular weight is 382 g/mol. The van der Waals surface area contributed by atoms with Crippen LogP contribution in [0.2, 0.25) is 0 Å². The molecule has 140 valence electrons. The third-order valence-corrected chi connectivity index (χ3v) is 4.76. The molecule has 0 aliphatic carbocycles. The van der Waals surface area contributed by atoms with E-state index in [-0.39, 0.29) is 5.91 Å². The van der Waals surface area contributed by atoms with Crippen molar-refractivity contribution in [2.75, 3.05) is 7.05 Å².